The van der Waals surface area contributed by atoms with E-state index in [1.165, 1.54) is 0 Å². The van der Waals surface area contributed by atoms with Crippen LogP contribution >= 0.6 is 11.8 Å². The van der Waals surface area contributed by atoms with E-state index in [0.717, 1.165) is 42.7 Å². The standard InChI is InChI=1S/C38H49N3O5S/c1-5-23-39(27-28-15-11-10-12-16-28)36(45)33-38-22-21-37(4,47-38)31(32(38)35(44)41(33)25-13-8-9-14-26-42)34(43)40(24-6-2)29-17-19-30(20-18-29)46-7-3/h5-6,10-12,15-20,31-33,42H,1-2,7-9,13-14,21-27H2,3-4H3/t31-,32+,33?,37+,38?/m1/s1. The maximum absolute atomic E-state index is 14.8. The van der Waals surface area contributed by atoms with Crippen LogP contribution in [-0.2, 0) is 20.9 Å². The summed E-state index contributed by atoms with van der Waals surface area (Å²) in [7, 11) is 0. The SMILES string of the molecule is C=CCN(Cc1ccccc1)C(=O)C1N(CCCCCCO)C(=O)[C@@H]2[C@H](C(=O)N(CC=C)c3ccc(OCC)cc3)[C@]3(C)CCC12S3. The Kier molecular flexibility index (Phi) is 11.2. The molecule has 8 nitrogen and oxygen atoms in total. The molecular weight excluding hydrogens is 611 g/mol. The Morgan fingerprint density at radius 1 is 1.00 bits per heavy atom. The number of hydrogen-bond acceptors (Lipinski definition) is 6. The Hall–Kier alpha value is -3.56. The average molecular weight is 660 g/mol. The molecule has 3 heterocycles. The predicted molar refractivity (Wildman–Crippen MR) is 188 cm³/mol. The summed E-state index contributed by atoms with van der Waals surface area (Å²) in [4.78, 5) is 49.6. The number of amides is 3. The first-order valence-corrected chi connectivity index (χ1v) is 17.8. The van der Waals surface area contributed by atoms with E-state index < -0.39 is 27.4 Å². The van der Waals surface area contributed by atoms with Gasteiger partial charge in [0.1, 0.15) is 11.8 Å². The molecular formula is C38H49N3O5S. The molecule has 5 atom stereocenters. The first-order chi connectivity index (χ1) is 22.7. The normalized spacial score (nSPS) is 25.8. The molecule has 1 spiro atoms. The number of hydrogen-bond donors (Lipinski definition) is 1. The van der Waals surface area contributed by atoms with Crippen LogP contribution in [0.25, 0.3) is 0 Å². The molecule has 0 aromatic heterocycles. The Bertz CT molecular complexity index is 1430. The van der Waals surface area contributed by atoms with Gasteiger partial charge in [0.15, 0.2) is 0 Å². The lowest BCUT2D eigenvalue weighted by molar-refractivity contribution is -0.143. The number of nitrogens with zero attached hydrogens (tertiary/aromatic N) is 3. The quantitative estimate of drug-likeness (QED) is 0.169. The third-order valence-corrected chi connectivity index (χ3v) is 12.0. The second-order valence-electron chi connectivity index (χ2n) is 13.1. The van der Waals surface area contributed by atoms with E-state index >= 15 is 0 Å². The minimum absolute atomic E-state index is 0.0840. The van der Waals surface area contributed by atoms with Gasteiger partial charge in [-0.2, -0.15) is 0 Å². The van der Waals surface area contributed by atoms with Gasteiger partial charge in [-0.05, 0) is 69.4 Å². The van der Waals surface area contributed by atoms with Gasteiger partial charge in [-0.1, -0.05) is 55.3 Å². The number of carbonyl (C=O) groups is 3. The van der Waals surface area contributed by atoms with Crippen molar-refractivity contribution in [3.63, 3.8) is 0 Å². The van der Waals surface area contributed by atoms with Crippen molar-refractivity contribution in [2.45, 2.75) is 74.5 Å². The number of benzene rings is 2. The maximum atomic E-state index is 14.8. The number of aliphatic hydroxyl groups is 1. The number of aliphatic hydroxyl groups excluding tert-OH is 1. The first-order valence-electron chi connectivity index (χ1n) is 16.9. The molecule has 3 fully saturated rings. The van der Waals surface area contributed by atoms with Crippen molar-refractivity contribution in [3.05, 3.63) is 85.5 Å². The van der Waals surface area contributed by atoms with Crippen LogP contribution in [0.2, 0.25) is 0 Å². The number of rotatable bonds is 17. The zero-order valence-electron chi connectivity index (χ0n) is 27.8. The largest absolute Gasteiger partial charge is 0.494 e. The van der Waals surface area contributed by atoms with Gasteiger partial charge in [-0.25, -0.2) is 0 Å². The van der Waals surface area contributed by atoms with Gasteiger partial charge in [0, 0.05) is 43.2 Å². The Balaban J connectivity index is 1.51. The van der Waals surface area contributed by atoms with Crippen LogP contribution in [0.5, 0.6) is 5.75 Å². The fourth-order valence-corrected chi connectivity index (χ4v) is 10.3. The van der Waals surface area contributed by atoms with Crippen molar-refractivity contribution in [2.24, 2.45) is 11.8 Å². The molecule has 3 aliphatic heterocycles. The Morgan fingerprint density at radius 2 is 1.70 bits per heavy atom. The van der Waals surface area contributed by atoms with Crippen LogP contribution in [0.4, 0.5) is 5.69 Å². The molecule has 2 aromatic carbocycles. The minimum Gasteiger partial charge on any atom is -0.494 e. The summed E-state index contributed by atoms with van der Waals surface area (Å²) in [6, 6.07) is 16.7. The van der Waals surface area contributed by atoms with Gasteiger partial charge in [0.05, 0.1) is 23.2 Å². The highest BCUT2D eigenvalue weighted by Crippen LogP contribution is 2.71. The molecule has 47 heavy (non-hydrogen) atoms. The molecule has 0 radical (unpaired) electrons. The van der Waals surface area contributed by atoms with E-state index in [1.807, 2.05) is 66.4 Å². The molecule has 2 aromatic rings. The summed E-state index contributed by atoms with van der Waals surface area (Å²) in [5.41, 5.74) is 1.73. The van der Waals surface area contributed by atoms with Gasteiger partial charge < -0.3 is 24.5 Å². The number of thioether (sulfide) groups is 1. The van der Waals surface area contributed by atoms with E-state index in [2.05, 4.69) is 20.1 Å². The number of unbranched alkanes of at least 4 members (excludes halogenated alkanes) is 3. The van der Waals surface area contributed by atoms with Crippen LogP contribution in [0.3, 0.4) is 0 Å². The second-order valence-corrected chi connectivity index (χ2v) is 15.0. The number of likely N-dealkylation sites (tertiary alicyclic amines) is 1. The van der Waals surface area contributed by atoms with E-state index in [-0.39, 0.29) is 24.3 Å². The molecule has 3 amide bonds. The lowest BCUT2D eigenvalue weighted by atomic mass is 9.66. The second kappa shape index (κ2) is 15.1. The highest BCUT2D eigenvalue weighted by atomic mass is 32.2. The highest BCUT2D eigenvalue weighted by molar-refractivity contribution is 8.02. The smallest absolute Gasteiger partial charge is 0.247 e. The third kappa shape index (κ3) is 6.74. The molecule has 1 N–H and O–H groups in total. The lowest BCUT2D eigenvalue weighted by Gasteiger charge is -2.38. The molecule has 2 bridgehead atoms. The van der Waals surface area contributed by atoms with Crippen molar-refractivity contribution in [3.8, 4) is 5.75 Å². The Labute approximate surface area is 283 Å². The highest BCUT2D eigenvalue weighted by Gasteiger charge is 2.77. The number of anilines is 1. The summed E-state index contributed by atoms with van der Waals surface area (Å²) in [6.45, 7) is 14.1. The fraction of sp³-hybridized carbons (Fsp3) is 0.500. The van der Waals surface area contributed by atoms with E-state index in [0.29, 0.717) is 45.6 Å². The monoisotopic (exact) mass is 659 g/mol. The molecule has 5 rings (SSSR count). The zero-order chi connectivity index (χ0) is 33.6. The third-order valence-electron chi connectivity index (χ3n) is 10.00. The molecule has 3 saturated heterocycles. The van der Waals surface area contributed by atoms with Gasteiger partial charge >= 0.3 is 0 Å². The molecule has 252 valence electrons. The van der Waals surface area contributed by atoms with Crippen molar-refractivity contribution < 1.29 is 24.2 Å². The van der Waals surface area contributed by atoms with Crippen molar-refractivity contribution in [1.29, 1.82) is 0 Å². The molecule has 9 heteroatoms. The van der Waals surface area contributed by atoms with E-state index in [4.69, 9.17) is 4.74 Å². The van der Waals surface area contributed by atoms with Crippen molar-refractivity contribution in [2.75, 3.05) is 37.7 Å². The summed E-state index contributed by atoms with van der Waals surface area (Å²) >= 11 is 1.70. The summed E-state index contributed by atoms with van der Waals surface area (Å²) in [6.07, 6.45) is 8.04. The average Bonchev–Trinajstić information content (AvgIpc) is 3.64. The Morgan fingerprint density at radius 3 is 2.36 bits per heavy atom. The van der Waals surface area contributed by atoms with Crippen molar-refractivity contribution in [1.82, 2.24) is 9.80 Å². The number of carbonyl (C=O) groups excluding carboxylic acids is 3. The van der Waals surface area contributed by atoms with Gasteiger partial charge in [-0.15, -0.1) is 24.9 Å². The minimum atomic E-state index is -0.705. The van der Waals surface area contributed by atoms with Gasteiger partial charge in [-0.3, -0.25) is 14.4 Å². The summed E-state index contributed by atoms with van der Waals surface area (Å²) in [5.74, 6) is -0.751. The first kappa shape index (κ1) is 34.8. The molecule has 0 saturated carbocycles. The van der Waals surface area contributed by atoms with Crippen LogP contribution in [0, 0.1) is 11.8 Å². The summed E-state index contributed by atoms with van der Waals surface area (Å²) in [5, 5.41) is 9.28. The molecule has 3 aliphatic rings. The number of ether oxygens (including phenoxy) is 1. The van der Waals surface area contributed by atoms with Crippen molar-refractivity contribution >= 4 is 35.2 Å². The number of fused-ring (bicyclic) bond motifs is 1. The summed E-state index contributed by atoms with van der Waals surface area (Å²) < 4.78 is 4.43. The molecule has 0 aliphatic carbocycles. The lowest BCUT2D eigenvalue weighted by Crippen LogP contribution is -2.55. The topological polar surface area (TPSA) is 90.4 Å². The molecule has 2 unspecified atom stereocenters. The van der Waals surface area contributed by atoms with E-state index in [9.17, 15) is 19.5 Å². The van der Waals surface area contributed by atoms with Gasteiger partial charge in [0.25, 0.3) is 0 Å². The van der Waals surface area contributed by atoms with Gasteiger partial charge in [0.2, 0.25) is 17.7 Å². The van der Waals surface area contributed by atoms with Crippen LogP contribution in [-0.4, -0.2) is 81.0 Å². The fourth-order valence-electron chi connectivity index (χ4n) is 7.94. The van der Waals surface area contributed by atoms with Crippen LogP contribution < -0.4 is 9.64 Å². The zero-order valence-corrected chi connectivity index (χ0v) is 28.6. The predicted octanol–water partition coefficient (Wildman–Crippen LogP) is 5.85. The van der Waals surface area contributed by atoms with E-state index in [1.54, 1.807) is 33.7 Å². The van der Waals surface area contributed by atoms with Crippen LogP contribution in [0.15, 0.2) is 79.9 Å². The van der Waals surface area contributed by atoms with Crippen LogP contribution in [0.1, 0.15) is 57.9 Å². The maximum Gasteiger partial charge on any atom is 0.247 e.